The zero-order chi connectivity index (χ0) is 24.5. The third-order valence-corrected chi connectivity index (χ3v) is 8.06. The largest absolute Gasteiger partial charge is 0.369 e. The van der Waals surface area contributed by atoms with Gasteiger partial charge in [-0.15, -0.1) is 0 Å². The van der Waals surface area contributed by atoms with Crippen LogP contribution in [-0.4, -0.2) is 72.6 Å². The molecule has 2 aliphatic rings. The van der Waals surface area contributed by atoms with Gasteiger partial charge in [-0.3, -0.25) is 4.79 Å². The molecular weight excluding hydrogens is 454 g/mol. The highest BCUT2D eigenvalue weighted by atomic mass is 32.2. The van der Waals surface area contributed by atoms with Crippen LogP contribution in [0.25, 0.3) is 0 Å². The van der Waals surface area contributed by atoms with Crippen LogP contribution in [0.4, 0.5) is 23.1 Å². The maximum atomic E-state index is 12.1. The Hall–Kier alpha value is -2.92. The summed E-state index contributed by atoms with van der Waals surface area (Å²) in [6, 6.07) is 8.50. The number of anilines is 4. The van der Waals surface area contributed by atoms with Crippen LogP contribution in [0, 0.1) is 0 Å². The van der Waals surface area contributed by atoms with Gasteiger partial charge in [0.15, 0.2) is 0 Å². The molecule has 10 nitrogen and oxygen atoms in total. The Kier molecular flexibility index (Phi) is 6.94. The molecule has 1 amide bonds. The number of piperazine rings is 1. The molecule has 0 atom stereocenters. The molecule has 1 aromatic heterocycles. The fourth-order valence-corrected chi connectivity index (χ4v) is 5.16. The number of hydrogen-bond donors (Lipinski definition) is 2. The van der Waals surface area contributed by atoms with Crippen LogP contribution in [0.3, 0.4) is 0 Å². The van der Waals surface area contributed by atoms with Gasteiger partial charge in [0.25, 0.3) is 5.91 Å². The fraction of sp³-hybridized carbons (Fsp3) is 0.522. The molecule has 2 heterocycles. The lowest BCUT2D eigenvalue weighted by atomic mass is 10.2. The molecule has 2 fully saturated rings. The van der Waals surface area contributed by atoms with E-state index < -0.39 is 15.9 Å². The summed E-state index contributed by atoms with van der Waals surface area (Å²) in [4.78, 5) is 25.1. The van der Waals surface area contributed by atoms with E-state index in [4.69, 9.17) is 5.73 Å². The number of benzene rings is 1. The third kappa shape index (κ3) is 5.25. The number of sulfonamides is 1. The van der Waals surface area contributed by atoms with Crippen LogP contribution >= 0.6 is 0 Å². The number of hydrogen-bond acceptors (Lipinski definition) is 8. The highest BCUT2D eigenvalue weighted by Gasteiger charge is 2.27. The van der Waals surface area contributed by atoms with Gasteiger partial charge in [0, 0.05) is 55.8 Å². The Balaban J connectivity index is 1.53. The molecule has 1 aliphatic carbocycles. The molecule has 1 aliphatic heterocycles. The summed E-state index contributed by atoms with van der Waals surface area (Å²) in [5.41, 5.74) is 7.78. The van der Waals surface area contributed by atoms with Gasteiger partial charge in [-0.2, -0.15) is 9.29 Å². The van der Waals surface area contributed by atoms with Gasteiger partial charge in [-0.25, -0.2) is 13.4 Å². The van der Waals surface area contributed by atoms with Crippen molar-refractivity contribution >= 4 is 39.1 Å². The van der Waals surface area contributed by atoms with Crippen LogP contribution in [0.15, 0.2) is 30.5 Å². The molecule has 184 valence electrons. The minimum absolute atomic E-state index is 0.0712. The standard InChI is InChI=1S/C23H33N7O3S/c1-4-34(32,33)29-13-11-28(12-14-29)18-7-9-19(10-8-18)30(16(2)3)23-25-15-20(21(24)31)22(27-23)26-17-5-6-17/h7-10,15-17H,4-6,11-14H2,1-3H3,(H2,24,31)(H,25,26,27). The monoisotopic (exact) mass is 487 g/mol. The molecule has 0 bridgehead atoms. The molecule has 4 rings (SSSR count). The summed E-state index contributed by atoms with van der Waals surface area (Å²) in [5.74, 6) is 0.547. The van der Waals surface area contributed by atoms with E-state index in [1.165, 1.54) is 6.20 Å². The molecular formula is C23H33N7O3S. The average Bonchev–Trinajstić information content (AvgIpc) is 3.63. The molecule has 34 heavy (non-hydrogen) atoms. The minimum Gasteiger partial charge on any atom is -0.369 e. The number of amides is 1. The second-order valence-electron chi connectivity index (χ2n) is 8.98. The maximum absolute atomic E-state index is 12.1. The van der Waals surface area contributed by atoms with Crippen molar-refractivity contribution in [2.45, 2.75) is 45.7 Å². The van der Waals surface area contributed by atoms with E-state index in [0.717, 1.165) is 24.2 Å². The predicted octanol–water partition coefficient (Wildman–Crippen LogP) is 2.17. The van der Waals surface area contributed by atoms with Crippen LogP contribution < -0.4 is 20.9 Å². The van der Waals surface area contributed by atoms with E-state index in [0.29, 0.717) is 49.6 Å². The second kappa shape index (κ2) is 9.75. The molecule has 0 spiro atoms. The van der Waals surface area contributed by atoms with Crippen molar-refractivity contribution in [1.29, 1.82) is 0 Å². The minimum atomic E-state index is -3.15. The van der Waals surface area contributed by atoms with Gasteiger partial charge >= 0.3 is 0 Å². The summed E-state index contributed by atoms with van der Waals surface area (Å²) in [7, 11) is -3.15. The lowest BCUT2D eigenvalue weighted by Crippen LogP contribution is -2.49. The highest BCUT2D eigenvalue weighted by molar-refractivity contribution is 7.89. The highest BCUT2D eigenvalue weighted by Crippen LogP contribution is 2.31. The second-order valence-corrected chi connectivity index (χ2v) is 11.2. The van der Waals surface area contributed by atoms with Crippen molar-refractivity contribution in [2.75, 3.05) is 47.0 Å². The zero-order valence-electron chi connectivity index (χ0n) is 19.9. The van der Waals surface area contributed by atoms with Crippen molar-refractivity contribution in [3.05, 3.63) is 36.0 Å². The maximum Gasteiger partial charge on any atom is 0.254 e. The summed E-state index contributed by atoms with van der Waals surface area (Å²) in [6.07, 6.45) is 3.58. The molecule has 2 aromatic rings. The molecule has 0 radical (unpaired) electrons. The van der Waals surface area contributed by atoms with Gasteiger partial charge < -0.3 is 20.9 Å². The topological polar surface area (TPSA) is 125 Å². The summed E-state index contributed by atoms with van der Waals surface area (Å²) < 4.78 is 25.8. The SMILES string of the molecule is CCS(=O)(=O)N1CCN(c2ccc(N(c3ncc(C(N)=O)c(NC4CC4)n3)C(C)C)cc2)CC1. The first kappa shape index (κ1) is 24.2. The van der Waals surface area contributed by atoms with Gasteiger partial charge in [0.2, 0.25) is 16.0 Å². The number of nitrogens with one attached hydrogen (secondary N) is 1. The van der Waals surface area contributed by atoms with Gasteiger partial charge in [0.1, 0.15) is 5.82 Å². The molecule has 11 heteroatoms. The number of aromatic nitrogens is 2. The van der Waals surface area contributed by atoms with Crippen LogP contribution in [-0.2, 0) is 10.0 Å². The Morgan fingerprint density at radius 1 is 1.18 bits per heavy atom. The number of primary amides is 1. The molecule has 1 aromatic carbocycles. The van der Waals surface area contributed by atoms with E-state index in [1.807, 2.05) is 29.2 Å². The molecule has 3 N–H and O–H groups in total. The molecule has 1 saturated carbocycles. The van der Waals surface area contributed by atoms with Crippen molar-refractivity contribution in [3.8, 4) is 0 Å². The number of carbonyl (C=O) groups is 1. The van der Waals surface area contributed by atoms with Crippen LogP contribution in [0.5, 0.6) is 0 Å². The van der Waals surface area contributed by atoms with E-state index in [-0.39, 0.29) is 11.8 Å². The van der Waals surface area contributed by atoms with E-state index >= 15 is 0 Å². The van der Waals surface area contributed by atoms with Crippen molar-refractivity contribution in [1.82, 2.24) is 14.3 Å². The van der Waals surface area contributed by atoms with E-state index in [2.05, 4.69) is 34.0 Å². The normalized spacial score (nSPS) is 17.1. The first-order valence-electron chi connectivity index (χ1n) is 11.7. The molecule has 1 saturated heterocycles. The lowest BCUT2D eigenvalue weighted by molar-refractivity contribution is 0.100. The van der Waals surface area contributed by atoms with Crippen molar-refractivity contribution in [3.63, 3.8) is 0 Å². The third-order valence-electron chi connectivity index (χ3n) is 6.18. The Morgan fingerprint density at radius 2 is 1.82 bits per heavy atom. The fourth-order valence-electron chi connectivity index (χ4n) is 4.08. The Labute approximate surface area is 201 Å². The Morgan fingerprint density at radius 3 is 2.35 bits per heavy atom. The van der Waals surface area contributed by atoms with Gasteiger partial charge in [-0.1, -0.05) is 0 Å². The van der Waals surface area contributed by atoms with Crippen LogP contribution in [0.2, 0.25) is 0 Å². The van der Waals surface area contributed by atoms with Gasteiger partial charge in [-0.05, 0) is 57.9 Å². The summed E-state index contributed by atoms with van der Waals surface area (Å²) in [5, 5.41) is 3.29. The molecule has 0 unspecified atom stereocenters. The first-order chi connectivity index (χ1) is 16.2. The van der Waals surface area contributed by atoms with Crippen LogP contribution in [0.1, 0.15) is 44.0 Å². The number of nitrogens with zero attached hydrogens (tertiary/aromatic N) is 5. The first-order valence-corrected chi connectivity index (χ1v) is 13.4. The van der Waals surface area contributed by atoms with E-state index in [1.54, 1.807) is 11.2 Å². The summed E-state index contributed by atoms with van der Waals surface area (Å²) in [6.45, 7) is 8.08. The predicted molar refractivity (Wildman–Crippen MR) is 134 cm³/mol. The quantitative estimate of drug-likeness (QED) is 0.551. The van der Waals surface area contributed by atoms with Crippen molar-refractivity contribution < 1.29 is 13.2 Å². The zero-order valence-corrected chi connectivity index (χ0v) is 20.8. The van der Waals surface area contributed by atoms with E-state index in [9.17, 15) is 13.2 Å². The Bertz CT molecular complexity index is 1130. The average molecular weight is 488 g/mol. The van der Waals surface area contributed by atoms with Crippen molar-refractivity contribution in [2.24, 2.45) is 5.73 Å². The number of carbonyl (C=O) groups excluding carboxylic acids is 1. The summed E-state index contributed by atoms with van der Waals surface area (Å²) >= 11 is 0. The number of rotatable bonds is 9. The number of nitrogens with two attached hydrogens (primary N) is 1. The van der Waals surface area contributed by atoms with Gasteiger partial charge in [0.05, 0.1) is 11.3 Å². The smallest absolute Gasteiger partial charge is 0.254 e. The lowest BCUT2D eigenvalue weighted by Gasteiger charge is -2.35.